The van der Waals surface area contributed by atoms with Gasteiger partial charge in [0.2, 0.25) is 0 Å². The number of ether oxygens (including phenoxy) is 2. The van der Waals surface area contributed by atoms with Crippen LogP contribution in [-0.4, -0.2) is 23.6 Å². The first-order chi connectivity index (χ1) is 17.2. The van der Waals surface area contributed by atoms with Crippen molar-refractivity contribution in [3.05, 3.63) is 92.5 Å². The van der Waals surface area contributed by atoms with Crippen LogP contribution in [-0.2, 0) is 11.4 Å². The van der Waals surface area contributed by atoms with Crippen molar-refractivity contribution in [1.82, 2.24) is 0 Å². The van der Waals surface area contributed by atoms with Crippen molar-refractivity contribution < 1.29 is 24.2 Å². The quantitative estimate of drug-likeness (QED) is 0.243. The summed E-state index contributed by atoms with van der Waals surface area (Å²) in [6, 6.07) is 16.4. The Labute approximate surface area is 218 Å². The highest BCUT2D eigenvalue weighted by molar-refractivity contribution is 6.32. The molecule has 0 heterocycles. The number of anilines is 1. The molecule has 0 spiro atoms. The average molecular weight is 525 g/mol. The lowest BCUT2D eigenvalue weighted by atomic mass is 10.1. The Morgan fingerprint density at radius 3 is 2.39 bits per heavy atom. The van der Waals surface area contributed by atoms with Gasteiger partial charge in [0.05, 0.1) is 17.2 Å². The number of nitrogens with zero attached hydrogens (tertiary/aromatic N) is 1. The highest BCUT2D eigenvalue weighted by atomic mass is 35.5. The van der Waals surface area contributed by atoms with Gasteiger partial charge < -0.3 is 19.9 Å². The second kappa shape index (κ2) is 12.1. The monoisotopic (exact) mass is 524 g/mol. The summed E-state index contributed by atoms with van der Waals surface area (Å²) in [5.74, 6) is -0.992. The molecule has 3 rings (SSSR count). The standard InChI is InChI=1S/C27H22Cl2N2O5/c1-3-35-24-12-18(10-20(14-30)26(32)31-21-9-4-16(2)22(28)13-21)11-23(29)25(24)36-15-17-5-7-19(8-6-17)27(33)34/h4-13H,3,15H2,1-2H3,(H,31,32)(H,33,34)/b20-10-. The average Bonchev–Trinajstić information content (AvgIpc) is 2.84. The van der Waals surface area contributed by atoms with Gasteiger partial charge in [0.1, 0.15) is 18.2 Å². The largest absolute Gasteiger partial charge is 0.490 e. The predicted molar refractivity (Wildman–Crippen MR) is 139 cm³/mol. The van der Waals surface area contributed by atoms with E-state index in [9.17, 15) is 14.9 Å². The van der Waals surface area contributed by atoms with Gasteiger partial charge in [0.25, 0.3) is 5.91 Å². The van der Waals surface area contributed by atoms with Crippen LogP contribution in [0.3, 0.4) is 0 Å². The second-order valence-corrected chi connectivity index (χ2v) is 8.46. The third-order valence-corrected chi connectivity index (χ3v) is 5.71. The van der Waals surface area contributed by atoms with E-state index in [0.717, 1.165) is 11.1 Å². The molecule has 3 aromatic rings. The number of carbonyl (C=O) groups is 2. The van der Waals surface area contributed by atoms with Gasteiger partial charge in [-0.3, -0.25) is 4.79 Å². The molecule has 184 valence electrons. The van der Waals surface area contributed by atoms with E-state index in [-0.39, 0.29) is 28.5 Å². The number of aromatic carboxylic acids is 1. The molecule has 0 saturated carbocycles. The molecule has 0 saturated heterocycles. The molecule has 0 aliphatic heterocycles. The Hall–Kier alpha value is -3.99. The minimum absolute atomic E-state index is 0.125. The molecule has 3 aromatic carbocycles. The zero-order chi connectivity index (χ0) is 26.2. The van der Waals surface area contributed by atoms with Gasteiger partial charge in [0, 0.05) is 10.7 Å². The van der Waals surface area contributed by atoms with Gasteiger partial charge in [-0.2, -0.15) is 5.26 Å². The number of hydrogen-bond donors (Lipinski definition) is 2. The lowest BCUT2D eigenvalue weighted by Crippen LogP contribution is -2.13. The maximum atomic E-state index is 12.7. The summed E-state index contributed by atoms with van der Waals surface area (Å²) in [4.78, 5) is 23.7. The van der Waals surface area contributed by atoms with Gasteiger partial charge in [-0.05, 0) is 73.0 Å². The van der Waals surface area contributed by atoms with Crippen LogP contribution in [0.2, 0.25) is 10.0 Å². The topological polar surface area (TPSA) is 109 Å². The summed E-state index contributed by atoms with van der Waals surface area (Å²) in [5, 5.41) is 22.0. The molecule has 7 nitrogen and oxygen atoms in total. The third-order valence-electron chi connectivity index (χ3n) is 5.02. The van der Waals surface area contributed by atoms with E-state index in [4.69, 9.17) is 37.8 Å². The molecule has 0 bridgehead atoms. The molecule has 2 N–H and O–H groups in total. The van der Waals surface area contributed by atoms with Crippen LogP contribution in [0.25, 0.3) is 6.08 Å². The smallest absolute Gasteiger partial charge is 0.335 e. The van der Waals surface area contributed by atoms with Crippen molar-refractivity contribution in [1.29, 1.82) is 5.26 Å². The summed E-state index contributed by atoms with van der Waals surface area (Å²) >= 11 is 12.6. The summed E-state index contributed by atoms with van der Waals surface area (Å²) < 4.78 is 11.5. The Kier molecular flexibility index (Phi) is 8.96. The molecular weight excluding hydrogens is 503 g/mol. The lowest BCUT2D eigenvalue weighted by molar-refractivity contribution is -0.112. The number of hydrogen-bond acceptors (Lipinski definition) is 5. The number of nitrogens with one attached hydrogen (secondary N) is 1. The molecule has 9 heteroatoms. The van der Waals surface area contributed by atoms with Crippen molar-refractivity contribution >= 4 is 46.8 Å². The minimum atomic E-state index is -1.01. The van der Waals surface area contributed by atoms with E-state index < -0.39 is 11.9 Å². The van der Waals surface area contributed by atoms with Crippen LogP contribution < -0.4 is 14.8 Å². The van der Waals surface area contributed by atoms with Crippen molar-refractivity contribution in [2.45, 2.75) is 20.5 Å². The fraction of sp³-hybridized carbons (Fsp3) is 0.148. The zero-order valence-corrected chi connectivity index (χ0v) is 21.0. The van der Waals surface area contributed by atoms with Crippen LogP contribution in [0, 0.1) is 18.3 Å². The van der Waals surface area contributed by atoms with Gasteiger partial charge in [-0.25, -0.2) is 4.79 Å². The summed E-state index contributed by atoms with van der Waals surface area (Å²) in [6.07, 6.45) is 1.40. The van der Waals surface area contributed by atoms with E-state index in [1.165, 1.54) is 18.2 Å². The Morgan fingerprint density at radius 2 is 1.78 bits per heavy atom. The second-order valence-electron chi connectivity index (χ2n) is 7.64. The molecule has 0 aliphatic rings. The Morgan fingerprint density at radius 1 is 1.06 bits per heavy atom. The van der Waals surface area contributed by atoms with Crippen LogP contribution >= 0.6 is 23.2 Å². The summed E-state index contributed by atoms with van der Waals surface area (Å²) in [7, 11) is 0. The molecule has 0 aromatic heterocycles. The molecule has 0 atom stereocenters. The molecule has 0 unspecified atom stereocenters. The lowest BCUT2D eigenvalue weighted by Gasteiger charge is -2.15. The number of benzene rings is 3. The van der Waals surface area contributed by atoms with E-state index in [2.05, 4.69) is 5.32 Å². The molecule has 0 fully saturated rings. The zero-order valence-electron chi connectivity index (χ0n) is 19.5. The normalized spacial score (nSPS) is 10.9. The number of nitriles is 1. The molecule has 0 radical (unpaired) electrons. The maximum absolute atomic E-state index is 12.7. The van der Waals surface area contributed by atoms with E-state index in [1.54, 1.807) is 49.4 Å². The highest BCUT2D eigenvalue weighted by Crippen LogP contribution is 2.38. The Balaban J connectivity index is 1.82. The number of carboxylic acid groups (broad SMARTS) is 1. The van der Waals surface area contributed by atoms with Crippen LogP contribution in [0.5, 0.6) is 11.5 Å². The van der Waals surface area contributed by atoms with E-state index in [1.807, 2.05) is 13.0 Å². The SMILES string of the molecule is CCOc1cc(/C=C(/C#N)C(=O)Nc2ccc(C)c(Cl)c2)cc(Cl)c1OCc1ccc(C(=O)O)cc1. The fourth-order valence-electron chi connectivity index (χ4n) is 3.16. The van der Waals surface area contributed by atoms with Crippen molar-refractivity contribution in [3.63, 3.8) is 0 Å². The molecular formula is C27H22Cl2N2O5. The number of carboxylic acids is 1. The maximum Gasteiger partial charge on any atom is 0.335 e. The first-order valence-corrected chi connectivity index (χ1v) is 11.6. The van der Waals surface area contributed by atoms with Crippen molar-refractivity contribution in [2.24, 2.45) is 0 Å². The number of aryl methyl sites for hydroxylation is 1. The van der Waals surface area contributed by atoms with Gasteiger partial charge in [0.15, 0.2) is 11.5 Å². The van der Waals surface area contributed by atoms with Crippen LogP contribution in [0.4, 0.5) is 5.69 Å². The van der Waals surface area contributed by atoms with Gasteiger partial charge >= 0.3 is 5.97 Å². The summed E-state index contributed by atoms with van der Waals surface area (Å²) in [6.45, 7) is 4.09. The van der Waals surface area contributed by atoms with Crippen molar-refractivity contribution in [2.75, 3.05) is 11.9 Å². The first kappa shape index (κ1) is 26.6. The van der Waals surface area contributed by atoms with E-state index in [0.29, 0.717) is 28.6 Å². The van der Waals surface area contributed by atoms with Crippen molar-refractivity contribution in [3.8, 4) is 17.6 Å². The van der Waals surface area contributed by atoms with E-state index >= 15 is 0 Å². The fourth-order valence-corrected chi connectivity index (χ4v) is 3.61. The minimum Gasteiger partial charge on any atom is -0.490 e. The summed E-state index contributed by atoms with van der Waals surface area (Å²) in [5.41, 5.74) is 2.56. The first-order valence-electron chi connectivity index (χ1n) is 10.8. The molecule has 1 amide bonds. The van der Waals surface area contributed by atoms with Gasteiger partial charge in [-0.1, -0.05) is 41.4 Å². The Bertz CT molecular complexity index is 1360. The molecule has 0 aliphatic carbocycles. The number of amides is 1. The highest BCUT2D eigenvalue weighted by Gasteiger charge is 2.15. The predicted octanol–water partition coefficient (Wildman–Crippen LogP) is 6.52. The number of carbonyl (C=O) groups excluding carboxylic acids is 1. The molecule has 36 heavy (non-hydrogen) atoms. The third kappa shape index (κ3) is 6.79. The number of rotatable bonds is 9. The van der Waals surface area contributed by atoms with Gasteiger partial charge in [-0.15, -0.1) is 0 Å². The van der Waals surface area contributed by atoms with Crippen LogP contribution in [0.1, 0.15) is 34.0 Å². The number of halogens is 2. The van der Waals surface area contributed by atoms with Crippen LogP contribution in [0.15, 0.2) is 60.2 Å².